The van der Waals surface area contributed by atoms with E-state index in [4.69, 9.17) is 21.1 Å². The first kappa shape index (κ1) is 11.6. The van der Waals surface area contributed by atoms with Crippen LogP contribution in [0.15, 0.2) is 18.2 Å². The van der Waals surface area contributed by atoms with Gasteiger partial charge < -0.3 is 14.8 Å². The molecule has 1 aliphatic heterocycles. The molecule has 0 amide bonds. The summed E-state index contributed by atoms with van der Waals surface area (Å²) in [4.78, 5) is 0. The predicted octanol–water partition coefficient (Wildman–Crippen LogP) is 1.85. The van der Waals surface area contributed by atoms with Crippen molar-refractivity contribution in [1.29, 1.82) is 0 Å². The molecule has 1 saturated heterocycles. The highest BCUT2D eigenvalue weighted by Crippen LogP contribution is 2.24. The Labute approximate surface area is 98.5 Å². The van der Waals surface area contributed by atoms with Gasteiger partial charge in [0.05, 0.1) is 11.6 Å². The predicted molar refractivity (Wildman–Crippen MR) is 59.5 cm³/mol. The van der Waals surface area contributed by atoms with Gasteiger partial charge in [0.2, 0.25) is 0 Å². The highest BCUT2D eigenvalue weighted by Gasteiger charge is 2.15. The summed E-state index contributed by atoms with van der Waals surface area (Å²) in [5.74, 6) is -0.352. The number of ether oxygens (including phenoxy) is 2. The van der Waals surface area contributed by atoms with Gasteiger partial charge in [-0.05, 0) is 12.1 Å². The fourth-order valence-corrected chi connectivity index (χ4v) is 1.67. The quantitative estimate of drug-likeness (QED) is 0.882. The smallest absolute Gasteiger partial charge is 0.183 e. The van der Waals surface area contributed by atoms with Crippen LogP contribution in [-0.2, 0) is 4.74 Å². The van der Waals surface area contributed by atoms with Crippen LogP contribution in [0, 0.1) is 5.82 Å². The minimum atomic E-state index is -0.520. The summed E-state index contributed by atoms with van der Waals surface area (Å²) in [6, 6.07) is 4.70. The highest BCUT2D eigenvalue weighted by molar-refractivity contribution is 6.30. The van der Waals surface area contributed by atoms with Crippen LogP contribution in [-0.4, -0.2) is 32.4 Å². The Bertz CT molecular complexity index is 356. The SMILES string of the molecule is Fc1c(Cl)cccc1OCC1CNCCO1. The van der Waals surface area contributed by atoms with Crippen LogP contribution in [0.5, 0.6) is 5.75 Å². The van der Waals surface area contributed by atoms with Gasteiger partial charge in [0.15, 0.2) is 11.6 Å². The van der Waals surface area contributed by atoms with E-state index in [1.54, 1.807) is 12.1 Å². The Morgan fingerprint density at radius 1 is 1.56 bits per heavy atom. The maximum absolute atomic E-state index is 13.4. The second-order valence-electron chi connectivity index (χ2n) is 3.56. The molecule has 1 N–H and O–H groups in total. The van der Waals surface area contributed by atoms with Crippen LogP contribution in [0.3, 0.4) is 0 Å². The number of nitrogens with one attached hydrogen (secondary N) is 1. The molecule has 1 aromatic rings. The third-order valence-corrected chi connectivity index (χ3v) is 2.64. The zero-order valence-electron chi connectivity index (χ0n) is 8.71. The minimum absolute atomic E-state index is 0.0351. The number of rotatable bonds is 3. The summed E-state index contributed by atoms with van der Waals surface area (Å²) in [6.45, 7) is 2.56. The van der Waals surface area contributed by atoms with Crippen LogP contribution in [0.1, 0.15) is 0 Å². The second-order valence-corrected chi connectivity index (χ2v) is 3.97. The molecule has 88 valence electrons. The monoisotopic (exact) mass is 245 g/mol. The summed E-state index contributed by atoms with van der Waals surface area (Å²) in [5, 5.41) is 3.24. The molecule has 1 atom stereocenters. The molecule has 3 nitrogen and oxygen atoms in total. The first-order chi connectivity index (χ1) is 7.77. The average Bonchev–Trinajstić information content (AvgIpc) is 2.32. The molecular weight excluding hydrogens is 233 g/mol. The van der Waals surface area contributed by atoms with Crippen molar-refractivity contribution in [3.05, 3.63) is 29.0 Å². The van der Waals surface area contributed by atoms with E-state index in [1.165, 1.54) is 6.07 Å². The fraction of sp³-hybridized carbons (Fsp3) is 0.455. The van der Waals surface area contributed by atoms with Gasteiger partial charge in [0.25, 0.3) is 0 Å². The van der Waals surface area contributed by atoms with E-state index in [1.807, 2.05) is 0 Å². The lowest BCUT2D eigenvalue weighted by Crippen LogP contribution is -2.41. The molecule has 1 aliphatic rings. The van der Waals surface area contributed by atoms with Crippen LogP contribution in [0.4, 0.5) is 4.39 Å². The molecule has 0 aliphatic carbocycles. The highest BCUT2D eigenvalue weighted by atomic mass is 35.5. The third kappa shape index (κ3) is 2.84. The van der Waals surface area contributed by atoms with E-state index >= 15 is 0 Å². The lowest BCUT2D eigenvalue weighted by Gasteiger charge is -2.23. The molecule has 0 bridgehead atoms. The van der Waals surface area contributed by atoms with Crippen molar-refractivity contribution in [3.63, 3.8) is 0 Å². The fourth-order valence-electron chi connectivity index (χ4n) is 1.50. The van der Waals surface area contributed by atoms with Crippen molar-refractivity contribution in [1.82, 2.24) is 5.32 Å². The van der Waals surface area contributed by atoms with Gasteiger partial charge in [-0.15, -0.1) is 0 Å². The van der Waals surface area contributed by atoms with E-state index in [0.717, 1.165) is 13.1 Å². The number of hydrogen-bond donors (Lipinski definition) is 1. The summed E-state index contributed by atoms with van der Waals surface area (Å²) in [6.07, 6.45) is -0.0351. The minimum Gasteiger partial charge on any atom is -0.488 e. The Kier molecular flexibility index (Phi) is 3.98. The van der Waals surface area contributed by atoms with Gasteiger partial charge in [-0.1, -0.05) is 17.7 Å². The Hall–Kier alpha value is -0.840. The molecule has 2 rings (SSSR count). The first-order valence-corrected chi connectivity index (χ1v) is 5.54. The number of hydrogen-bond acceptors (Lipinski definition) is 3. The standard InChI is InChI=1S/C11H13ClFNO2/c12-9-2-1-3-10(11(9)13)16-7-8-6-14-4-5-15-8/h1-3,8,14H,4-7H2. The van der Waals surface area contributed by atoms with Gasteiger partial charge in [-0.3, -0.25) is 0 Å². The van der Waals surface area contributed by atoms with Crippen molar-refractivity contribution in [3.8, 4) is 5.75 Å². The van der Waals surface area contributed by atoms with E-state index < -0.39 is 5.82 Å². The first-order valence-electron chi connectivity index (χ1n) is 5.16. The molecule has 1 aromatic carbocycles. The Morgan fingerprint density at radius 2 is 2.44 bits per heavy atom. The molecule has 1 unspecified atom stereocenters. The topological polar surface area (TPSA) is 30.5 Å². The molecule has 0 spiro atoms. The lowest BCUT2D eigenvalue weighted by atomic mass is 10.3. The largest absolute Gasteiger partial charge is 0.488 e. The van der Waals surface area contributed by atoms with Crippen LogP contribution in [0.2, 0.25) is 5.02 Å². The molecule has 0 aromatic heterocycles. The third-order valence-electron chi connectivity index (χ3n) is 2.35. The molecule has 0 saturated carbocycles. The van der Waals surface area contributed by atoms with E-state index in [-0.39, 0.29) is 16.9 Å². The number of benzene rings is 1. The lowest BCUT2D eigenvalue weighted by molar-refractivity contribution is -0.000534. The van der Waals surface area contributed by atoms with Crippen LogP contribution >= 0.6 is 11.6 Å². The van der Waals surface area contributed by atoms with E-state index in [2.05, 4.69) is 5.32 Å². The van der Waals surface area contributed by atoms with Crippen molar-refractivity contribution in [2.45, 2.75) is 6.10 Å². The maximum Gasteiger partial charge on any atom is 0.183 e. The number of morpholine rings is 1. The van der Waals surface area contributed by atoms with Crippen molar-refractivity contribution in [2.24, 2.45) is 0 Å². The maximum atomic E-state index is 13.4. The molecule has 5 heteroatoms. The summed E-state index contributed by atoms with van der Waals surface area (Å²) >= 11 is 5.64. The van der Waals surface area contributed by atoms with E-state index in [9.17, 15) is 4.39 Å². The van der Waals surface area contributed by atoms with Gasteiger partial charge in [0.1, 0.15) is 12.7 Å². The summed E-state index contributed by atoms with van der Waals surface area (Å²) in [5.41, 5.74) is 0. The van der Waals surface area contributed by atoms with Gasteiger partial charge >= 0.3 is 0 Å². The average molecular weight is 246 g/mol. The number of halogens is 2. The van der Waals surface area contributed by atoms with E-state index in [0.29, 0.717) is 13.2 Å². The molecule has 0 radical (unpaired) electrons. The zero-order valence-corrected chi connectivity index (χ0v) is 9.47. The Morgan fingerprint density at radius 3 is 3.19 bits per heavy atom. The van der Waals surface area contributed by atoms with Gasteiger partial charge in [-0.25, -0.2) is 4.39 Å². The normalized spacial score (nSPS) is 20.8. The van der Waals surface area contributed by atoms with Crippen LogP contribution < -0.4 is 10.1 Å². The van der Waals surface area contributed by atoms with Crippen LogP contribution in [0.25, 0.3) is 0 Å². The Balaban J connectivity index is 1.91. The summed E-state index contributed by atoms with van der Waals surface area (Å²) < 4.78 is 24.2. The molecular formula is C11H13ClFNO2. The summed E-state index contributed by atoms with van der Waals surface area (Å²) in [7, 11) is 0. The van der Waals surface area contributed by atoms with Crippen molar-refractivity contribution >= 4 is 11.6 Å². The molecule has 16 heavy (non-hydrogen) atoms. The van der Waals surface area contributed by atoms with Gasteiger partial charge in [0, 0.05) is 13.1 Å². The van der Waals surface area contributed by atoms with Crippen molar-refractivity contribution < 1.29 is 13.9 Å². The van der Waals surface area contributed by atoms with Crippen molar-refractivity contribution in [2.75, 3.05) is 26.3 Å². The van der Waals surface area contributed by atoms with Gasteiger partial charge in [-0.2, -0.15) is 0 Å². The molecule has 1 heterocycles. The second kappa shape index (κ2) is 5.48. The zero-order chi connectivity index (χ0) is 11.4. The molecule has 1 fully saturated rings.